The summed E-state index contributed by atoms with van der Waals surface area (Å²) in [4.78, 5) is 28.1. The Morgan fingerprint density at radius 3 is 2.41 bits per heavy atom. The molecule has 1 aromatic heterocycles. The molecule has 2 amide bonds. The van der Waals surface area contributed by atoms with Gasteiger partial charge in [-0.25, -0.2) is 19.6 Å². The van der Waals surface area contributed by atoms with Gasteiger partial charge in [-0.1, -0.05) is 45.0 Å². The number of anilines is 1. The molecule has 1 unspecified atom stereocenters. The number of nitrogens with zero attached hydrogens (tertiary/aromatic N) is 1. The SMILES string of the molecule is CC(C)(C)c1ccc(-c2csc(NC(=O)C(CCCCNS(N)(=O)=O)NC(=O)O)n2)cc1. The summed E-state index contributed by atoms with van der Waals surface area (Å²) in [6, 6.07) is 7.05. The maximum atomic E-state index is 12.6. The molecule has 0 radical (unpaired) electrons. The van der Waals surface area contributed by atoms with Gasteiger partial charge in [0.25, 0.3) is 10.2 Å². The third-order valence-corrected chi connectivity index (χ3v) is 5.98. The van der Waals surface area contributed by atoms with Crippen LogP contribution >= 0.6 is 11.3 Å². The summed E-state index contributed by atoms with van der Waals surface area (Å²) < 4.78 is 23.9. The quantitative estimate of drug-likeness (QED) is 0.326. The van der Waals surface area contributed by atoms with Crippen LogP contribution in [0.4, 0.5) is 9.93 Å². The summed E-state index contributed by atoms with van der Waals surface area (Å²) in [7, 11) is -3.78. The van der Waals surface area contributed by atoms with Crippen LogP contribution in [-0.2, 0) is 20.4 Å². The van der Waals surface area contributed by atoms with Crippen LogP contribution in [0.1, 0.15) is 45.6 Å². The Kier molecular flexibility index (Phi) is 8.73. The molecule has 2 aromatic rings. The number of carbonyl (C=O) groups is 2. The van der Waals surface area contributed by atoms with Crippen molar-refractivity contribution in [2.75, 3.05) is 11.9 Å². The van der Waals surface area contributed by atoms with Gasteiger partial charge >= 0.3 is 6.09 Å². The number of rotatable bonds is 10. The van der Waals surface area contributed by atoms with Gasteiger partial charge in [0.1, 0.15) is 6.04 Å². The highest BCUT2D eigenvalue weighted by molar-refractivity contribution is 7.87. The Hall–Kier alpha value is -2.54. The van der Waals surface area contributed by atoms with Crippen LogP contribution in [0.25, 0.3) is 11.3 Å². The van der Waals surface area contributed by atoms with E-state index in [9.17, 15) is 18.0 Å². The lowest BCUT2D eigenvalue weighted by Crippen LogP contribution is -2.43. The minimum absolute atomic E-state index is 0.0422. The molecule has 0 aliphatic heterocycles. The number of carboxylic acid groups (broad SMARTS) is 1. The van der Waals surface area contributed by atoms with Crippen LogP contribution in [0.3, 0.4) is 0 Å². The first-order valence-corrected chi connectivity index (χ1v) is 12.4. The van der Waals surface area contributed by atoms with Crippen molar-refractivity contribution in [3.8, 4) is 11.3 Å². The average Bonchev–Trinajstić information content (AvgIpc) is 3.13. The molecule has 1 heterocycles. The van der Waals surface area contributed by atoms with E-state index >= 15 is 0 Å². The van der Waals surface area contributed by atoms with Gasteiger partial charge in [-0.05, 0) is 30.2 Å². The molecular formula is C20H29N5O5S2. The van der Waals surface area contributed by atoms with E-state index in [1.807, 2.05) is 29.6 Å². The topological polar surface area (TPSA) is 164 Å². The number of nitrogens with two attached hydrogens (primary N) is 1. The number of carbonyl (C=O) groups excluding carboxylic acids is 1. The number of nitrogens with one attached hydrogen (secondary N) is 3. The van der Waals surface area contributed by atoms with E-state index < -0.39 is 28.3 Å². The van der Waals surface area contributed by atoms with Crippen LogP contribution in [0.2, 0.25) is 0 Å². The zero-order valence-electron chi connectivity index (χ0n) is 18.2. The summed E-state index contributed by atoms with van der Waals surface area (Å²) >= 11 is 1.24. The summed E-state index contributed by atoms with van der Waals surface area (Å²) in [5.74, 6) is -0.532. The molecule has 12 heteroatoms. The smallest absolute Gasteiger partial charge is 0.405 e. The van der Waals surface area contributed by atoms with Crippen molar-refractivity contribution in [3.05, 3.63) is 35.2 Å². The van der Waals surface area contributed by atoms with Crippen molar-refractivity contribution in [1.82, 2.24) is 15.0 Å². The monoisotopic (exact) mass is 483 g/mol. The minimum atomic E-state index is -3.78. The molecule has 0 aliphatic carbocycles. The van der Waals surface area contributed by atoms with E-state index in [4.69, 9.17) is 10.2 Å². The lowest BCUT2D eigenvalue weighted by Gasteiger charge is -2.18. The molecule has 32 heavy (non-hydrogen) atoms. The van der Waals surface area contributed by atoms with Gasteiger partial charge in [0.15, 0.2) is 5.13 Å². The molecule has 1 atom stereocenters. The number of unbranched alkanes of at least 4 members (excludes halogenated alkanes) is 1. The normalized spacial score (nSPS) is 12.9. The van der Waals surface area contributed by atoms with Gasteiger partial charge in [0.05, 0.1) is 5.69 Å². The molecular weight excluding hydrogens is 454 g/mol. The number of amides is 2. The second-order valence-corrected chi connectivity index (χ2v) is 10.5. The average molecular weight is 484 g/mol. The molecule has 176 valence electrons. The maximum Gasteiger partial charge on any atom is 0.405 e. The third kappa shape index (κ3) is 8.54. The summed E-state index contributed by atoms with van der Waals surface area (Å²) in [5.41, 5.74) is 2.87. The van der Waals surface area contributed by atoms with Crippen molar-refractivity contribution in [1.29, 1.82) is 0 Å². The number of aromatic nitrogens is 1. The number of hydrogen-bond acceptors (Lipinski definition) is 6. The molecule has 0 saturated carbocycles. The predicted octanol–water partition coefficient (Wildman–Crippen LogP) is 2.65. The van der Waals surface area contributed by atoms with E-state index in [1.54, 1.807) is 0 Å². The maximum absolute atomic E-state index is 12.6. The number of thiazole rings is 1. The van der Waals surface area contributed by atoms with Gasteiger partial charge in [0.2, 0.25) is 5.91 Å². The highest BCUT2D eigenvalue weighted by atomic mass is 32.2. The lowest BCUT2D eigenvalue weighted by molar-refractivity contribution is -0.118. The molecule has 0 aliphatic rings. The van der Waals surface area contributed by atoms with Crippen LogP contribution in [-0.4, -0.2) is 43.1 Å². The van der Waals surface area contributed by atoms with Gasteiger partial charge < -0.3 is 15.7 Å². The van der Waals surface area contributed by atoms with Gasteiger partial charge in [-0.2, -0.15) is 8.42 Å². The van der Waals surface area contributed by atoms with Crippen LogP contribution < -0.4 is 20.5 Å². The number of hydrogen-bond donors (Lipinski definition) is 5. The highest BCUT2D eigenvalue weighted by Crippen LogP contribution is 2.28. The third-order valence-electron chi connectivity index (χ3n) is 4.62. The molecule has 0 spiro atoms. The fraction of sp³-hybridized carbons (Fsp3) is 0.450. The Morgan fingerprint density at radius 1 is 1.19 bits per heavy atom. The summed E-state index contributed by atoms with van der Waals surface area (Å²) in [5, 5.41) is 20.9. The van der Waals surface area contributed by atoms with Crippen LogP contribution in [0.15, 0.2) is 29.6 Å². The fourth-order valence-corrected chi connectivity index (χ4v) is 4.05. The van der Waals surface area contributed by atoms with Crippen LogP contribution in [0, 0.1) is 0 Å². The van der Waals surface area contributed by atoms with Crippen molar-refractivity contribution in [3.63, 3.8) is 0 Å². The Balaban J connectivity index is 1.97. The van der Waals surface area contributed by atoms with Crippen molar-refractivity contribution in [2.24, 2.45) is 5.14 Å². The van der Waals surface area contributed by atoms with E-state index in [-0.39, 0.29) is 18.4 Å². The standard InChI is InChI=1S/C20H29N5O5S2/c1-20(2,3)14-9-7-13(8-10-14)16-12-31-18(23-16)25-17(26)15(24-19(27)28)6-4-5-11-22-32(21,29)30/h7-10,12,15,22,24H,4-6,11H2,1-3H3,(H,27,28)(H2,21,29,30)(H,23,25,26). The number of benzene rings is 1. The first-order chi connectivity index (χ1) is 14.8. The molecule has 10 nitrogen and oxygen atoms in total. The van der Waals surface area contributed by atoms with E-state index in [0.29, 0.717) is 23.7 Å². The predicted molar refractivity (Wildman–Crippen MR) is 125 cm³/mol. The van der Waals surface area contributed by atoms with E-state index in [1.165, 1.54) is 16.9 Å². The zero-order chi connectivity index (χ0) is 23.9. The second-order valence-electron chi connectivity index (χ2n) is 8.29. The summed E-state index contributed by atoms with van der Waals surface area (Å²) in [6.45, 7) is 6.51. The Bertz CT molecular complexity index is 1030. The van der Waals surface area contributed by atoms with Gasteiger partial charge in [0, 0.05) is 17.5 Å². The van der Waals surface area contributed by atoms with Gasteiger partial charge in [-0.3, -0.25) is 4.79 Å². The molecule has 2 rings (SSSR count). The largest absolute Gasteiger partial charge is 0.465 e. The first-order valence-electron chi connectivity index (χ1n) is 9.99. The molecule has 1 aromatic carbocycles. The Morgan fingerprint density at radius 2 is 1.84 bits per heavy atom. The van der Waals surface area contributed by atoms with E-state index in [0.717, 1.165) is 5.56 Å². The second kappa shape index (κ2) is 10.9. The van der Waals surface area contributed by atoms with Crippen LogP contribution in [0.5, 0.6) is 0 Å². The lowest BCUT2D eigenvalue weighted by atomic mass is 9.86. The van der Waals surface area contributed by atoms with E-state index in [2.05, 4.69) is 41.1 Å². The molecule has 0 saturated heterocycles. The zero-order valence-corrected chi connectivity index (χ0v) is 19.8. The molecule has 6 N–H and O–H groups in total. The summed E-state index contributed by atoms with van der Waals surface area (Å²) in [6.07, 6.45) is -0.333. The highest BCUT2D eigenvalue weighted by Gasteiger charge is 2.21. The molecule has 0 fully saturated rings. The first kappa shape index (κ1) is 25.7. The fourth-order valence-electron chi connectivity index (χ4n) is 2.90. The van der Waals surface area contributed by atoms with Crippen molar-refractivity contribution in [2.45, 2.75) is 51.5 Å². The van der Waals surface area contributed by atoms with Crippen molar-refractivity contribution >= 4 is 38.7 Å². The molecule has 0 bridgehead atoms. The Labute approximate surface area is 191 Å². The van der Waals surface area contributed by atoms with Gasteiger partial charge in [-0.15, -0.1) is 11.3 Å². The van der Waals surface area contributed by atoms with Crippen molar-refractivity contribution < 1.29 is 23.1 Å². The minimum Gasteiger partial charge on any atom is -0.465 e.